The summed E-state index contributed by atoms with van der Waals surface area (Å²) in [5.41, 5.74) is 4.71. The maximum absolute atomic E-state index is 12.7. The first-order chi connectivity index (χ1) is 26.1. The van der Waals surface area contributed by atoms with Crippen LogP contribution in [0.2, 0.25) is 0 Å². The van der Waals surface area contributed by atoms with Gasteiger partial charge < -0.3 is 46.2 Å². The largest absolute Gasteiger partial charge is 0.504 e. The fraction of sp³-hybridized carbons (Fsp3) is 0.0732. The number of ether oxygens (including phenoxy) is 2. The number of carbonyl (C=O) groups excluding carboxylic acids is 2. The summed E-state index contributed by atoms with van der Waals surface area (Å²) in [5, 5.41) is 50.6. The molecule has 1 amide bonds. The second-order valence-corrected chi connectivity index (χ2v) is 11.1. The van der Waals surface area contributed by atoms with Crippen LogP contribution in [0.25, 0.3) is 34.0 Å². The number of aromatic nitrogens is 2. The number of anilines is 2. The maximum atomic E-state index is 12.7. The highest BCUT2D eigenvalue weighted by Gasteiger charge is 2.14. The molecule has 2 heterocycles. The van der Waals surface area contributed by atoms with E-state index in [1.165, 1.54) is 50.0 Å². The Morgan fingerprint density at radius 3 is 1.80 bits per heavy atom. The number of phenols is 3. The number of aromatic hydroxyl groups is 3. The first-order valence-corrected chi connectivity index (χ1v) is 16.2. The van der Waals surface area contributed by atoms with Crippen molar-refractivity contribution in [1.29, 1.82) is 10.8 Å². The van der Waals surface area contributed by atoms with E-state index in [2.05, 4.69) is 32.7 Å². The molecule has 0 fully saturated rings. The fourth-order valence-electron chi connectivity index (χ4n) is 4.99. The van der Waals surface area contributed by atoms with Gasteiger partial charge in [0.1, 0.15) is 0 Å². The molecular weight excluding hydrogens is 688 g/mol. The van der Waals surface area contributed by atoms with E-state index in [1.54, 1.807) is 24.4 Å². The molecule has 13 nitrogen and oxygen atoms in total. The van der Waals surface area contributed by atoms with Crippen LogP contribution in [0.1, 0.15) is 11.1 Å². The first kappa shape index (κ1) is 39.2. The molecule has 0 aliphatic rings. The van der Waals surface area contributed by atoms with Crippen LogP contribution in [0.15, 0.2) is 115 Å². The molecule has 7 N–H and O–H groups in total. The Kier molecular flexibility index (Phi) is 13.9. The van der Waals surface area contributed by atoms with Gasteiger partial charge in [-0.05, 0) is 71.8 Å². The number of nitrogens with zero attached hydrogens (tertiary/aromatic N) is 2. The smallest absolute Gasteiger partial charge is 0.257 e. The summed E-state index contributed by atoms with van der Waals surface area (Å²) in [5.74, 6) is -0.662. The summed E-state index contributed by atoms with van der Waals surface area (Å²) in [6.07, 6.45) is 8.81. The van der Waals surface area contributed by atoms with Crippen molar-refractivity contribution in [2.45, 2.75) is 0 Å². The molecule has 13 heteroatoms. The standard InChI is InChI=1S/C21H19N3O4.C10H10N2.C10H9NO3/c1-27-17-10-13(11-18(28-2)20(17)25)9-15(12-22)21(26)24-16-7-3-5-14-6-4-8-23-19(14)16;1-11-9-6-2-4-8-5-3-7-12-10(8)9;11-5-8(6-12)3-7-1-2-9(13)10(14)4-7/h3-12,22,25H,1-2H3,(H,24,26);2-7,11H,1H3;1-6,11,13-14H/b15-9+,22-12?;;8-3+,11-5?. The normalized spacial score (nSPS) is 10.9. The summed E-state index contributed by atoms with van der Waals surface area (Å²) in [7, 11) is 4.74. The Morgan fingerprint density at radius 2 is 1.28 bits per heavy atom. The van der Waals surface area contributed by atoms with Crippen LogP contribution >= 0.6 is 0 Å². The van der Waals surface area contributed by atoms with Crippen molar-refractivity contribution in [2.75, 3.05) is 31.9 Å². The summed E-state index contributed by atoms with van der Waals surface area (Å²) in [6.45, 7) is 0. The SMILES string of the molecule is CNc1cccc2cccnc12.COc1cc(/C=C(\C=N)C(=O)Nc2cccc3cccnc23)cc(OC)c1O.N=C/C(C=O)=C\c1ccc(O)c(O)c1. The number of methoxy groups -OCH3 is 2. The lowest BCUT2D eigenvalue weighted by Crippen LogP contribution is -2.15. The fourth-order valence-corrected chi connectivity index (χ4v) is 4.99. The van der Waals surface area contributed by atoms with E-state index in [-0.39, 0.29) is 39.9 Å². The van der Waals surface area contributed by atoms with Crippen molar-refractivity contribution in [2.24, 2.45) is 0 Å². The van der Waals surface area contributed by atoms with E-state index >= 15 is 0 Å². The van der Waals surface area contributed by atoms with Gasteiger partial charge in [0.25, 0.3) is 5.91 Å². The lowest BCUT2D eigenvalue weighted by atomic mass is 10.1. The quantitative estimate of drug-likeness (QED) is 0.0326. The first-order valence-electron chi connectivity index (χ1n) is 16.2. The number of phenolic OH excluding ortho intramolecular Hbond substituents is 3. The molecule has 6 rings (SSSR count). The van der Waals surface area contributed by atoms with E-state index < -0.39 is 5.91 Å². The Bertz CT molecular complexity index is 2310. The Labute approximate surface area is 310 Å². The van der Waals surface area contributed by atoms with E-state index in [9.17, 15) is 14.7 Å². The summed E-state index contributed by atoms with van der Waals surface area (Å²) in [6, 6.07) is 26.6. The lowest BCUT2D eigenvalue weighted by Gasteiger charge is -2.11. The maximum Gasteiger partial charge on any atom is 0.257 e. The molecule has 54 heavy (non-hydrogen) atoms. The van der Waals surface area contributed by atoms with Crippen LogP contribution in [0, 0.1) is 10.8 Å². The van der Waals surface area contributed by atoms with Crippen LogP contribution in [0.4, 0.5) is 11.4 Å². The summed E-state index contributed by atoms with van der Waals surface area (Å²) in [4.78, 5) is 31.7. The number of benzene rings is 4. The van der Waals surface area contributed by atoms with Crippen LogP contribution in [0.5, 0.6) is 28.7 Å². The molecule has 274 valence electrons. The van der Waals surface area contributed by atoms with Gasteiger partial charge in [0.15, 0.2) is 29.3 Å². The van der Waals surface area contributed by atoms with Crippen LogP contribution in [-0.2, 0) is 9.59 Å². The van der Waals surface area contributed by atoms with Crippen molar-refractivity contribution < 1.29 is 34.4 Å². The third kappa shape index (κ3) is 10.0. The molecule has 0 bridgehead atoms. The van der Waals surface area contributed by atoms with Gasteiger partial charge in [0.05, 0.1) is 42.2 Å². The summed E-state index contributed by atoms with van der Waals surface area (Å²) >= 11 is 0. The average Bonchev–Trinajstić information content (AvgIpc) is 3.21. The zero-order valence-corrected chi connectivity index (χ0v) is 29.6. The number of fused-ring (bicyclic) bond motifs is 2. The third-order valence-electron chi connectivity index (χ3n) is 7.66. The third-order valence-corrected chi connectivity index (χ3v) is 7.66. The topological polar surface area (TPSA) is 211 Å². The van der Waals surface area contributed by atoms with Gasteiger partial charge in [-0.25, -0.2) is 0 Å². The molecule has 0 atom stereocenters. The molecule has 2 aromatic heterocycles. The van der Waals surface area contributed by atoms with Crippen molar-refractivity contribution >= 4 is 70.0 Å². The predicted molar refractivity (Wildman–Crippen MR) is 212 cm³/mol. The van der Waals surface area contributed by atoms with Gasteiger partial charge in [0, 0.05) is 48.2 Å². The monoisotopic (exact) mass is 726 g/mol. The zero-order valence-electron chi connectivity index (χ0n) is 29.6. The van der Waals surface area contributed by atoms with E-state index in [0.29, 0.717) is 28.6 Å². The molecule has 0 radical (unpaired) electrons. The highest BCUT2D eigenvalue weighted by Crippen LogP contribution is 2.37. The van der Waals surface area contributed by atoms with E-state index in [0.717, 1.165) is 29.0 Å². The molecule has 4 aromatic carbocycles. The van der Waals surface area contributed by atoms with Crippen LogP contribution in [0.3, 0.4) is 0 Å². The lowest BCUT2D eigenvalue weighted by molar-refractivity contribution is -0.112. The number of pyridine rings is 2. The van der Waals surface area contributed by atoms with Crippen LogP contribution < -0.4 is 20.1 Å². The minimum atomic E-state index is -0.459. The molecular formula is C41H38N6O7. The van der Waals surface area contributed by atoms with E-state index in [1.807, 2.05) is 55.7 Å². The zero-order chi connectivity index (χ0) is 39.0. The number of allylic oxidation sites excluding steroid dienone is 1. The van der Waals surface area contributed by atoms with Gasteiger partial charge in [0.2, 0.25) is 5.75 Å². The second kappa shape index (κ2) is 19.2. The van der Waals surface area contributed by atoms with Gasteiger partial charge in [-0.2, -0.15) is 0 Å². The van der Waals surface area contributed by atoms with Crippen molar-refractivity contribution in [3.8, 4) is 28.7 Å². The molecule has 6 aromatic rings. The number of hydrogen-bond donors (Lipinski definition) is 7. The van der Waals surface area contributed by atoms with Gasteiger partial charge in [-0.3, -0.25) is 19.6 Å². The number of rotatable bonds is 10. The van der Waals surface area contributed by atoms with E-state index in [4.69, 9.17) is 30.5 Å². The number of hydrogen-bond acceptors (Lipinski definition) is 12. The van der Waals surface area contributed by atoms with Gasteiger partial charge in [-0.1, -0.05) is 42.5 Å². The van der Waals surface area contributed by atoms with Gasteiger partial charge in [-0.15, -0.1) is 0 Å². The minimum Gasteiger partial charge on any atom is -0.504 e. The van der Waals surface area contributed by atoms with Crippen LogP contribution in [-0.4, -0.2) is 71.2 Å². The highest BCUT2D eigenvalue weighted by molar-refractivity contribution is 6.21. The number of para-hydroxylation sites is 2. The number of aldehydes is 1. The van der Waals surface area contributed by atoms with Crippen molar-refractivity contribution in [1.82, 2.24) is 9.97 Å². The number of carbonyl (C=O) groups is 2. The van der Waals surface area contributed by atoms with Crippen molar-refractivity contribution in [3.05, 3.63) is 126 Å². The Morgan fingerprint density at radius 1 is 0.704 bits per heavy atom. The highest BCUT2D eigenvalue weighted by atomic mass is 16.5. The molecule has 0 aliphatic carbocycles. The molecule has 0 unspecified atom stereocenters. The molecule has 0 aliphatic heterocycles. The molecule has 0 saturated heterocycles. The molecule has 0 spiro atoms. The number of amides is 1. The summed E-state index contributed by atoms with van der Waals surface area (Å²) < 4.78 is 10.2. The number of nitrogens with one attached hydrogen (secondary N) is 4. The Hall–Kier alpha value is -7.54. The Balaban J connectivity index is 0.000000207. The molecule has 0 saturated carbocycles. The van der Waals surface area contributed by atoms with Crippen molar-refractivity contribution in [3.63, 3.8) is 0 Å². The average molecular weight is 727 g/mol. The minimum absolute atomic E-state index is 0.114. The van der Waals surface area contributed by atoms with Gasteiger partial charge >= 0.3 is 0 Å². The second-order valence-electron chi connectivity index (χ2n) is 11.1. The predicted octanol–water partition coefficient (Wildman–Crippen LogP) is 7.24.